The highest BCUT2D eigenvalue weighted by Gasteiger charge is 2.41. The number of para-hydroxylation sites is 1. The van der Waals surface area contributed by atoms with Gasteiger partial charge >= 0.3 is 6.09 Å². The number of pyridine rings is 1. The van der Waals surface area contributed by atoms with Crippen molar-refractivity contribution in [3.63, 3.8) is 0 Å². The van der Waals surface area contributed by atoms with Crippen molar-refractivity contribution in [1.82, 2.24) is 15.2 Å². The minimum Gasteiger partial charge on any atom is -0.465 e. The van der Waals surface area contributed by atoms with Crippen LogP contribution >= 0.6 is 0 Å². The van der Waals surface area contributed by atoms with Crippen molar-refractivity contribution in [2.75, 3.05) is 36.4 Å². The molecule has 8 heteroatoms. The third-order valence-corrected chi connectivity index (χ3v) is 7.55. The Morgan fingerprint density at radius 1 is 1.09 bits per heavy atom. The number of carbonyl (C=O) groups is 2. The molecule has 34 heavy (non-hydrogen) atoms. The van der Waals surface area contributed by atoms with Crippen molar-refractivity contribution >= 4 is 23.5 Å². The third kappa shape index (κ3) is 4.46. The zero-order valence-electron chi connectivity index (χ0n) is 19.7. The van der Waals surface area contributed by atoms with Gasteiger partial charge in [0.25, 0.3) is 0 Å². The number of piperidine rings is 2. The second-order valence-electron chi connectivity index (χ2n) is 9.71. The van der Waals surface area contributed by atoms with E-state index in [9.17, 15) is 14.7 Å². The van der Waals surface area contributed by atoms with Crippen LogP contribution in [0.15, 0.2) is 36.4 Å². The van der Waals surface area contributed by atoms with Crippen molar-refractivity contribution in [3.05, 3.63) is 53.2 Å². The number of likely N-dealkylation sites (tertiary alicyclic amines) is 1. The molecule has 5 rings (SSSR count). The lowest BCUT2D eigenvalue weighted by Crippen LogP contribution is -2.45. The second kappa shape index (κ2) is 9.62. The topological polar surface area (TPSA) is 97.8 Å². The molecular formula is C26H33N5O3. The summed E-state index contributed by atoms with van der Waals surface area (Å²) in [6.07, 6.45) is 2.58. The minimum atomic E-state index is -0.855. The summed E-state index contributed by atoms with van der Waals surface area (Å²) in [5.74, 6) is 0.943. The SMILES string of the molecule is Cc1ccccc1N1Cc2ccc(NC3CCN(C(=O)O)CC3)nc2C(C2CCNCC2)C1=O. The quantitative estimate of drug-likeness (QED) is 0.641. The highest BCUT2D eigenvalue weighted by molar-refractivity contribution is 6.00. The Morgan fingerprint density at radius 3 is 2.53 bits per heavy atom. The molecule has 3 aliphatic heterocycles. The van der Waals surface area contributed by atoms with Crippen LogP contribution in [0.2, 0.25) is 0 Å². The second-order valence-corrected chi connectivity index (χ2v) is 9.71. The fourth-order valence-corrected chi connectivity index (χ4v) is 5.62. The van der Waals surface area contributed by atoms with E-state index >= 15 is 0 Å². The van der Waals surface area contributed by atoms with Crippen LogP contribution in [0, 0.1) is 12.8 Å². The average molecular weight is 464 g/mol. The van der Waals surface area contributed by atoms with E-state index in [-0.39, 0.29) is 23.8 Å². The smallest absolute Gasteiger partial charge is 0.407 e. The molecule has 2 fully saturated rings. The fraction of sp³-hybridized carbons (Fsp3) is 0.500. The molecule has 2 saturated heterocycles. The van der Waals surface area contributed by atoms with Gasteiger partial charge in [-0.2, -0.15) is 0 Å². The van der Waals surface area contributed by atoms with Crippen molar-refractivity contribution in [1.29, 1.82) is 0 Å². The van der Waals surface area contributed by atoms with Crippen LogP contribution in [-0.4, -0.2) is 59.2 Å². The zero-order chi connectivity index (χ0) is 23.7. The molecule has 4 heterocycles. The number of fused-ring (bicyclic) bond motifs is 1. The van der Waals surface area contributed by atoms with Crippen molar-refractivity contribution in [3.8, 4) is 0 Å². The number of aromatic nitrogens is 1. The van der Waals surface area contributed by atoms with Gasteiger partial charge in [0.2, 0.25) is 5.91 Å². The van der Waals surface area contributed by atoms with Gasteiger partial charge in [-0.25, -0.2) is 9.78 Å². The van der Waals surface area contributed by atoms with Crippen LogP contribution in [0.5, 0.6) is 0 Å². The number of aryl methyl sites for hydroxylation is 1. The first-order valence-corrected chi connectivity index (χ1v) is 12.3. The molecule has 180 valence electrons. The summed E-state index contributed by atoms with van der Waals surface area (Å²) in [6.45, 7) is 5.49. The maximum atomic E-state index is 13.9. The van der Waals surface area contributed by atoms with Crippen LogP contribution in [0.4, 0.5) is 16.3 Å². The molecule has 8 nitrogen and oxygen atoms in total. The van der Waals surface area contributed by atoms with Crippen LogP contribution in [0.25, 0.3) is 0 Å². The van der Waals surface area contributed by atoms with Gasteiger partial charge in [-0.1, -0.05) is 24.3 Å². The lowest BCUT2D eigenvalue weighted by atomic mass is 9.78. The number of nitrogens with zero attached hydrogens (tertiary/aromatic N) is 3. The number of hydrogen-bond donors (Lipinski definition) is 3. The molecule has 1 atom stereocenters. The molecule has 0 aliphatic carbocycles. The van der Waals surface area contributed by atoms with E-state index in [0.717, 1.165) is 67.1 Å². The number of anilines is 2. The summed E-state index contributed by atoms with van der Waals surface area (Å²) in [6, 6.07) is 12.4. The predicted octanol–water partition coefficient (Wildman–Crippen LogP) is 3.57. The lowest BCUT2D eigenvalue weighted by molar-refractivity contribution is -0.122. The summed E-state index contributed by atoms with van der Waals surface area (Å²) in [5.41, 5.74) is 4.10. The molecule has 1 aromatic carbocycles. The minimum absolute atomic E-state index is 0.146. The van der Waals surface area contributed by atoms with E-state index in [0.29, 0.717) is 19.6 Å². The van der Waals surface area contributed by atoms with Crippen molar-refractivity contribution in [2.45, 2.75) is 51.1 Å². The van der Waals surface area contributed by atoms with E-state index in [1.807, 2.05) is 29.2 Å². The summed E-state index contributed by atoms with van der Waals surface area (Å²) in [4.78, 5) is 33.5. The van der Waals surface area contributed by atoms with Gasteiger partial charge in [-0.15, -0.1) is 0 Å². The van der Waals surface area contributed by atoms with Crippen LogP contribution in [0.1, 0.15) is 48.4 Å². The van der Waals surface area contributed by atoms with E-state index in [4.69, 9.17) is 4.98 Å². The lowest BCUT2D eigenvalue weighted by Gasteiger charge is -2.39. The fourth-order valence-electron chi connectivity index (χ4n) is 5.62. The number of benzene rings is 1. The zero-order valence-corrected chi connectivity index (χ0v) is 19.7. The predicted molar refractivity (Wildman–Crippen MR) is 131 cm³/mol. The Morgan fingerprint density at radius 2 is 1.82 bits per heavy atom. The van der Waals surface area contributed by atoms with E-state index < -0.39 is 6.09 Å². The molecule has 0 saturated carbocycles. The van der Waals surface area contributed by atoms with Gasteiger partial charge in [0.05, 0.1) is 18.2 Å². The number of carboxylic acid groups (broad SMARTS) is 1. The maximum absolute atomic E-state index is 13.9. The molecular weight excluding hydrogens is 430 g/mol. The standard InChI is InChI=1S/C26H33N5O3/c1-17-4-2-3-5-21(17)31-16-19-6-7-22(28-20-10-14-30(15-11-20)26(33)34)29-24(19)23(25(31)32)18-8-12-27-13-9-18/h2-7,18,20,23,27H,8-16H2,1H3,(H,28,29)(H,33,34). The van der Waals surface area contributed by atoms with Crippen LogP contribution in [0.3, 0.4) is 0 Å². The summed E-state index contributed by atoms with van der Waals surface area (Å²) in [7, 11) is 0. The first-order chi connectivity index (χ1) is 16.5. The molecule has 0 radical (unpaired) electrons. The van der Waals surface area contributed by atoms with Gasteiger partial charge < -0.3 is 25.5 Å². The highest BCUT2D eigenvalue weighted by atomic mass is 16.4. The summed E-state index contributed by atoms with van der Waals surface area (Å²) < 4.78 is 0. The highest BCUT2D eigenvalue weighted by Crippen LogP contribution is 2.40. The average Bonchev–Trinajstić information content (AvgIpc) is 2.85. The third-order valence-electron chi connectivity index (χ3n) is 7.55. The number of amides is 2. The Labute approximate surface area is 200 Å². The monoisotopic (exact) mass is 463 g/mol. The Bertz CT molecular complexity index is 1060. The summed E-state index contributed by atoms with van der Waals surface area (Å²) >= 11 is 0. The van der Waals surface area contributed by atoms with Crippen LogP contribution in [-0.2, 0) is 11.3 Å². The van der Waals surface area contributed by atoms with Gasteiger partial charge in [0.15, 0.2) is 0 Å². The molecule has 2 aromatic rings. The van der Waals surface area contributed by atoms with Gasteiger partial charge in [-0.3, -0.25) is 4.79 Å². The van der Waals surface area contributed by atoms with E-state index in [1.165, 1.54) is 4.90 Å². The molecule has 3 aliphatic rings. The Balaban J connectivity index is 1.43. The van der Waals surface area contributed by atoms with Gasteiger partial charge in [-0.05, 0) is 74.9 Å². The first kappa shape index (κ1) is 22.7. The van der Waals surface area contributed by atoms with Crippen molar-refractivity contribution < 1.29 is 14.7 Å². The van der Waals surface area contributed by atoms with Crippen molar-refractivity contribution in [2.24, 2.45) is 5.92 Å². The first-order valence-electron chi connectivity index (χ1n) is 12.3. The van der Waals surface area contributed by atoms with Gasteiger partial charge in [0.1, 0.15) is 5.82 Å². The Kier molecular flexibility index (Phi) is 6.41. The molecule has 3 N–H and O–H groups in total. The molecule has 0 spiro atoms. The van der Waals surface area contributed by atoms with E-state index in [1.54, 1.807) is 0 Å². The molecule has 1 unspecified atom stereocenters. The maximum Gasteiger partial charge on any atom is 0.407 e. The van der Waals surface area contributed by atoms with Crippen LogP contribution < -0.4 is 15.5 Å². The molecule has 1 aromatic heterocycles. The number of nitrogens with one attached hydrogen (secondary N) is 2. The number of rotatable bonds is 4. The normalized spacial score (nSPS) is 21.9. The van der Waals surface area contributed by atoms with Gasteiger partial charge in [0, 0.05) is 24.8 Å². The molecule has 2 amide bonds. The number of hydrogen-bond acceptors (Lipinski definition) is 5. The summed E-state index contributed by atoms with van der Waals surface area (Å²) in [5, 5.41) is 16.1. The molecule has 0 bridgehead atoms. The largest absolute Gasteiger partial charge is 0.465 e. The van der Waals surface area contributed by atoms with E-state index in [2.05, 4.69) is 29.7 Å². The number of carbonyl (C=O) groups excluding carboxylic acids is 1. The Hall–Kier alpha value is -3.13.